The number of alkyl halides is 1. The Kier molecular flexibility index (Phi) is 4.02. The molecule has 0 aliphatic rings. The normalized spacial score (nSPS) is 13.1. The first-order valence-corrected chi connectivity index (χ1v) is 8.98. The number of fused-ring (bicyclic) bond motifs is 1. The van der Waals surface area contributed by atoms with E-state index in [0.29, 0.717) is 0 Å². The van der Waals surface area contributed by atoms with Crippen LogP contribution in [-0.4, -0.2) is 0 Å². The Hall–Kier alpha value is 0.0600. The van der Waals surface area contributed by atoms with E-state index in [1.54, 1.807) is 23.5 Å². The second-order valence-electron chi connectivity index (χ2n) is 3.96. The average molecular weight is 441 g/mol. The van der Waals surface area contributed by atoms with Gasteiger partial charge in [0.15, 0.2) is 0 Å². The lowest BCUT2D eigenvalue weighted by Gasteiger charge is -2.02. The van der Waals surface area contributed by atoms with E-state index < -0.39 is 0 Å². The van der Waals surface area contributed by atoms with Crippen molar-refractivity contribution in [1.29, 1.82) is 0 Å². The first-order chi connectivity index (χ1) is 9.04. The topological polar surface area (TPSA) is 0 Å². The molecule has 2 aromatic heterocycles. The number of rotatable bonds is 2. The van der Waals surface area contributed by atoms with E-state index in [9.17, 15) is 4.39 Å². The molecule has 1 atom stereocenters. The summed E-state index contributed by atoms with van der Waals surface area (Å²) in [7, 11) is 0. The van der Waals surface area contributed by atoms with Crippen LogP contribution in [0.5, 0.6) is 0 Å². The van der Waals surface area contributed by atoms with Crippen LogP contribution in [0.2, 0.25) is 0 Å². The van der Waals surface area contributed by atoms with E-state index in [0.717, 1.165) is 28.1 Å². The van der Waals surface area contributed by atoms with Gasteiger partial charge in [-0.3, -0.25) is 0 Å². The standard InChI is InChI=1S/C13H6Br2ClFS2/c14-8-5-11(19-13(8)15)12(16)10-3-6-1-2-7(17)4-9(6)18-10/h1-5,12H. The zero-order valence-corrected chi connectivity index (χ0v) is 14.9. The van der Waals surface area contributed by atoms with E-state index in [1.807, 2.05) is 12.1 Å². The molecule has 0 nitrogen and oxygen atoms in total. The van der Waals surface area contributed by atoms with Crippen molar-refractivity contribution in [1.82, 2.24) is 0 Å². The van der Waals surface area contributed by atoms with Gasteiger partial charge in [0.1, 0.15) is 11.2 Å². The first kappa shape index (κ1) is 14.0. The Balaban J connectivity index is 2.03. The van der Waals surface area contributed by atoms with Gasteiger partial charge < -0.3 is 0 Å². The van der Waals surface area contributed by atoms with Crippen molar-refractivity contribution in [3.63, 3.8) is 0 Å². The van der Waals surface area contributed by atoms with Crippen LogP contribution in [0.15, 0.2) is 38.6 Å². The van der Waals surface area contributed by atoms with E-state index in [2.05, 4.69) is 31.9 Å². The Morgan fingerprint density at radius 3 is 2.47 bits per heavy atom. The van der Waals surface area contributed by atoms with Gasteiger partial charge >= 0.3 is 0 Å². The molecule has 0 radical (unpaired) electrons. The van der Waals surface area contributed by atoms with Crippen LogP contribution in [0.3, 0.4) is 0 Å². The molecule has 6 heteroatoms. The van der Waals surface area contributed by atoms with Crippen LogP contribution in [0.25, 0.3) is 10.1 Å². The summed E-state index contributed by atoms with van der Waals surface area (Å²) in [5, 5.41) is 0.829. The molecule has 0 saturated carbocycles. The zero-order valence-electron chi connectivity index (χ0n) is 9.29. The van der Waals surface area contributed by atoms with Crippen LogP contribution in [0, 0.1) is 5.82 Å². The number of hydrogen-bond donors (Lipinski definition) is 0. The molecule has 3 rings (SSSR count). The van der Waals surface area contributed by atoms with E-state index in [1.165, 1.54) is 17.4 Å². The minimum atomic E-state index is -0.214. The largest absolute Gasteiger partial charge is 0.207 e. The summed E-state index contributed by atoms with van der Waals surface area (Å²) in [6, 6.07) is 8.85. The van der Waals surface area contributed by atoms with E-state index >= 15 is 0 Å². The molecule has 1 aromatic carbocycles. The molecule has 19 heavy (non-hydrogen) atoms. The molecule has 0 aliphatic carbocycles. The summed E-state index contributed by atoms with van der Waals surface area (Å²) >= 11 is 16.6. The Bertz CT molecular complexity index is 731. The second kappa shape index (κ2) is 5.45. The molecular formula is C13H6Br2ClFS2. The summed E-state index contributed by atoms with van der Waals surface area (Å²) in [5.74, 6) is -0.214. The maximum Gasteiger partial charge on any atom is 0.124 e. The lowest BCUT2D eigenvalue weighted by molar-refractivity contribution is 0.630. The highest BCUT2D eigenvalue weighted by molar-refractivity contribution is 9.13. The van der Waals surface area contributed by atoms with Crippen LogP contribution in [0.1, 0.15) is 15.1 Å². The van der Waals surface area contributed by atoms with Gasteiger partial charge in [-0.1, -0.05) is 6.07 Å². The molecular weight excluding hydrogens is 435 g/mol. The fraction of sp³-hybridized carbons (Fsp3) is 0.0769. The van der Waals surface area contributed by atoms with Gasteiger partial charge in [0.2, 0.25) is 0 Å². The molecule has 0 aliphatic heterocycles. The maximum atomic E-state index is 13.2. The van der Waals surface area contributed by atoms with Crippen molar-refractivity contribution >= 4 is 76.2 Å². The summed E-state index contributed by atoms with van der Waals surface area (Å²) in [6.07, 6.45) is 0. The number of thiophene rings is 2. The molecule has 1 unspecified atom stereocenters. The Morgan fingerprint density at radius 2 is 1.79 bits per heavy atom. The van der Waals surface area contributed by atoms with Gasteiger partial charge in [-0.05, 0) is 61.5 Å². The fourth-order valence-corrected chi connectivity index (χ4v) is 5.42. The number of hydrogen-bond acceptors (Lipinski definition) is 2. The van der Waals surface area contributed by atoms with Crippen LogP contribution in [0.4, 0.5) is 4.39 Å². The van der Waals surface area contributed by atoms with Gasteiger partial charge in [-0.15, -0.1) is 34.3 Å². The monoisotopic (exact) mass is 438 g/mol. The van der Waals surface area contributed by atoms with Gasteiger partial charge in [0.05, 0.1) is 3.79 Å². The Labute approximate surface area is 139 Å². The molecule has 0 spiro atoms. The van der Waals surface area contributed by atoms with Crippen LogP contribution < -0.4 is 0 Å². The lowest BCUT2D eigenvalue weighted by atomic mass is 10.2. The van der Waals surface area contributed by atoms with Crippen LogP contribution in [-0.2, 0) is 0 Å². The summed E-state index contributed by atoms with van der Waals surface area (Å²) < 4.78 is 16.1. The molecule has 0 amide bonds. The van der Waals surface area contributed by atoms with Gasteiger partial charge in [-0.25, -0.2) is 4.39 Å². The zero-order chi connectivity index (χ0) is 13.6. The highest BCUT2D eigenvalue weighted by atomic mass is 79.9. The molecule has 0 N–H and O–H groups in total. The second-order valence-corrected chi connectivity index (χ2v) is 8.77. The van der Waals surface area contributed by atoms with E-state index in [-0.39, 0.29) is 11.2 Å². The third-order valence-electron chi connectivity index (χ3n) is 2.66. The first-order valence-electron chi connectivity index (χ1n) is 5.32. The number of benzene rings is 1. The molecule has 98 valence electrons. The van der Waals surface area contributed by atoms with Crippen molar-refractivity contribution in [3.8, 4) is 0 Å². The summed E-state index contributed by atoms with van der Waals surface area (Å²) in [4.78, 5) is 2.09. The lowest BCUT2D eigenvalue weighted by Crippen LogP contribution is -1.84. The van der Waals surface area contributed by atoms with Gasteiger partial charge in [0.25, 0.3) is 0 Å². The van der Waals surface area contributed by atoms with Crippen molar-refractivity contribution < 1.29 is 4.39 Å². The average Bonchev–Trinajstić information content (AvgIpc) is 2.92. The predicted octanol–water partition coefficient (Wildman–Crippen LogP) is 6.96. The minimum Gasteiger partial charge on any atom is -0.207 e. The maximum absolute atomic E-state index is 13.2. The fourth-order valence-electron chi connectivity index (χ4n) is 1.78. The molecule has 0 fully saturated rings. The third kappa shape index (κ3) is 2.76. The predicted molar refractivity (Wildman–Crippen MR) is 89.2 cm³/mol. The smallest absolute Gasteiger partial charge is 0.124 e. The molecule has 0 bridgehead atoms. The third-order valence-corrected chi connectivity index (χ3v) is 7.88. The quantitative estimate of drug-likeness (QED) is 0.378. The molecule has 2 heterocycles. The van der Waals surface area contributed by atoms with Crippen molar-refractivity contribution in [2.24, 2.45) is 0 Å². The van der Waals surface area contributed by atoms with Gasteiger partial charge in [-0.2, -0.15) is 0 Å². The van der Waals surface area contributed by atoms with Gasteiger partial charge in [0, 0.05) is 18.9 Å². The highest BCUT2D eigenvalue weighted by Crippen LogP contribution is 2.43. The molecule has 0 saturated heterocycles. The van der Waals surface area contributed by atoms with E-state index in [4.69, 9.17) is 11.6 Å². The minimum absolute atomic E-state index is 0.201. The number of halogens is 4. The summed E-state index contributed by atoms with van der Waals surface area (Å²) in [5.41, 5.74) is 0. The van der Waals surface area contributed by atoms with Crippen molar-refractivity contribution in [3.05, 3.63) is 54.2 Å². The summed E-state index contributed by atoms with van der Waals surface area (Å²) in [6.45, 7) is 0. The van der Waals surface area contributed by atoms with Crippen LogP contribution >= 0.6 is 66.1 Å². The van der Waals surface area contributed by atoms with Crippen molar-refractivity contribution in [2.75, 3.05) is 0 Å². The Morgan fingerprint density at radius 1 is 1.05 bits per heavy atom. The highest BCUT2D eigenvalue weighted by Gasteiger charge is 2.18. The van der Waals surface area contributed by atoms with Crippen molar-refractivity contribution in [2.45, 2.75) is 5.38 Å². The molecule has 3 aromatic rings. The SMILES string of the molecule is Fc1ccc2cc(C(Cl)c3cc(Br)c(Br)s3)sc2c1.